The molecule has 1 fully saturated rings. The van der Waals surface area contributed by atoms with Gasteiger partial charge < -0.3 is 19.2 Å². The van der Waals surface area contributed by atoms with Gasteiger partial charge >= 0.3 is 5.69 Å². The second kappa shape index (κ2) is 7.77. The molecule has 26 heavy (non-hydrogen) atoms. The highest BCUT2D eigenvalue weighted by Gasteiger charge is 2.51. The van der Waals surface area contributed by atoms with Crippen molar-refractivity contribution in [3.05, 3.63) is 33.1 Å². The Hall–Kier alpha value is -1.26. The second-order valence-corrected chi connectivity index (χ2v) is 12.9. The van der Waals surface area contributed by atoms with Crippen molar-refractivity contribution in [2.24, 2.45) is 0 Å². The summed E-state index contributed by atoms with van der Waals surface area (Å²) >= 11 is 0. The number of nitrogens with one attached hydrogen (secondary N) is 2. The Morgan fingerprint density at radius 1 is 1.31 bits per heavy atom. The van der Waals surface area contributed by atoms with Crippen LogP contribution in [0.3, 0.4) is 0 Å². The molecule has 0 radical (unpaired) electrons. The van der Waals surface area contributed by atoms with E-state index in [1.165, 1.54) is 16.8 Å². The maximum atomic E-state index is 12.2. The van der Waals surface area contributed by atoms with Gasteiger partial charge in [0.05, 0.1) is 0 Å². The van der Waals surface area contributed by atoms with Gasteiger partial charge in [-0.15, -0.1) is 0 Å². The molecule has 148 valence electrons. The Morgan fingerprint density at radius 3 is 2.46 bits per heavy atom. The smallest absolute Gasteiger partial charge is 0.330 e. The van der Waals surface area contributed by atoms with Crippen LogP contribution in [0.25, 0.3) is 0 Å². The van der Waals surface area contributed by atoms with Gasteiger partial charge in [0, 0.05) is 25.9 Å². The number of hydrogen-bond acceptors (Lipinski definition) is 6. The molecule has 1 saturated heterocycles. The highest BCUT2D eigenvalue weighted by atomic mass is 28.4. The van der Waals surface area contributed by atoms with E-state index in [0.717, 1.165) is 0 Å². The topological polar surface area (TPSA) is 94.6 Å². The zero-order valence-corrected chi connectivity index (χ0v) is 17.7. The van der Waals surface area contributed by atoms with Gasteiger partial charge in [0.15, 0.2) is 14.5 Å². The summed E-state index contributed by atoms with van der Waals surface area (Å²) in [4.78, 5) is 25.9. The predicted molar refractivity (Wildman–Crippen MR) is 102 cm³/mol. The molecule has 0 saturated carbocycles. The summed E-state index contributed by atoms with van der Waals surface area (Å²) < 4.78 is 19.8. The maximum absolute atomic E-state index is 12.2. The van der Waals surface area contributed by atoms with Gasteiger partial charge in [0.1, 0.15) is 18.3 Å². The van der Waals surface area contributed by atoms with Gasteiger partial charge in [-0.2, -0.15) is 0 Å². The van der Waals surface area contributed by atoms with E-state index in [2.05, 4.69) is 44.2 Å². The molecular formula is C17H31N3O5Si. The Labute approximate surface area is 155 Å². The van der Waals surface area contributed by atoms with E-state index in [-0.39, 0.29) is 17.2 Å². The fourth-order valence-electron chi connectivity index (χ4n) is 2.84. The predicted octanol–water partition coefficient (Wildman–Crippen LogP) is 1.06. The first-order chi connectivity index (χ1) is 12.0. The molecule has 1 aromatic heterocycles. The minimum Gasteiger partial charge on any atom is -0.408 e. The molecule has 2 rings (SSSR count). The molecule has 1 aromatic rings. The number of aromatic amines is 1. The summed E-state index contributed by atoms with van der Waals surface area (Å²) in [6.45, 7) is 11.4. The molecule has 9 heteroatoms. The fourth-order valence-corrected chi connectivity index (χ4v) is 4.16. The molecule has 1 aliphatic heterocycles. The molecule has 0 bridgehead atoms. The van der Waals surface area contributed by atoms with Crippen molar-refractivity contribution in [1.82, 2.24) is 14.9 Å². The molecule has 2 N–H and O–H groups in total. The summed E-state index contributed by atoms with van der Waals surface area (Å²) in [7, 11) is 1.34. The fraction of sp³-hybridized carbons (Fsp3) is 0.765. The van der Waals surface area contributed by atoms with Crippen LogP contribution in [0.4, 0.5) is 0 Å². The Morgan fingerprint density at radius 2 is 1.96 bits per heavy atom. The number of likely N-dealkylation sites (N-methyl/N-ethyl adjacent to an activating group) is 1. The van der Waals surface area contributed by atoms with Crippen LogP contribution >= 0.6 is 0 Å². The van der Waals surface area contributed by atoms with Gasteiger partial charge in [0.25, 0.3) is 5.56 Å². The third-order valence-corrected chi connectivity index (χ3v) is 9.80. The van der Waals surface area contributed by atoms with Gasteiger partial charge in [-0.3, -0.25) is 14.3 Å². The van der Waals surface area contributed by atoms with Crippen LogP contribution in [0, 0.1) is 0 Å². The van der Waals surface area contributed by atoms with Crippen molar-refractivity contribution in [3.63, 3.8) is 0 Å². The highest BCUT2D eigenvalue weighted by Crippen LogP contribution is 2.41. The summed E-state index contributed by atoms with van der Waals surface area (Å²) in [5.74, 6) is 0. The van der Waals surface area contributed by atoms with Crippen LogP contribution in [-0.2, 0) is 13.9 Å². The normalized spacial score (nSPS) is 27.0. The maximum Gasteiger partial charge on any atom is 0.330 e. The molecule has 1 aliphatic rings. The summed E-state index contributed by atoms with van der Waals surface area (Å²) in [6.07, 6.45) is -0.299. The van der Waals surface area contributed by atoms with E-state index in [4.69, 9.17) is 13.9 Å². The quantitative estimate of drug-likeness (QED) is 0.711. The lowest BCUT2D eigenvalue weighted by atomic mass is 10.1. The van der Waals surface area contributed by atoms with E-state index < -0.39 is 31.9 Å². The minimum absolute atomic E-state index is 0.0302. The lowest BCUT2D eigenvalue weighted by molar-refractivity contribution is -0.0530. The van der Waals surface area contributed by atoms with Crippen molar-refractivity contribution in [2.45, 2.75) is 63.4 Å². The Balaban J connectivity index is 2.39. The number of rotatable bonds is 6. The van der Waals surface area contributed by atoms with Crippen molar-refractivity contribution in [1.29, 1.82) is 0 Å². The van der Waals surface area contributed by atoms with Crippen LogP contribution in [-0.4, -0.2) is 56.9 Å². The van der Waals surface area contributed by atoms with E-state index >= 15 is 0 Å². The molecule has 0 spiro atoms. The standard InChI is InChI=1S/C17H31N3O5Si/c1-17(2,3)26(6,7)25-13-11(10-18-4)24-15(14(13)23-5)20-9-8-12(21)19-16(20)22/h8-9,11,13-15,18H,10H2,1-7H3,(H,19,21,22)/t11-,13-,14-,15-/m1/s1. The van der Waals surface area contributed by atoms with E-state index in [0.29, 0.717) is 6.54 Å². The summed E-state index contributed by atoms with van der Waals surface area (Å²) in [5.41, 5.74) is -0.972. The van der Waals surface area contributed by atoms with Crippen LogP contribution in [0.2, 0.25) is 18.1 Å². The highest BCUT2D eigenvalue weighted by molar-refractivity contribution is 6.74. The SMILES string of the molecule is CNC[C@H]1O[C@@H](n2ccc(=O)[nH]c2=O)[C@H](OC)[C@@H]1O[Si](C)(C)C(C)(C)C. The zero-order chi connectivity index (χ0) is 19.7. The van der Waals surface area contributed by atoms with E-state index in [1.54, 1.807) is 7.11 Å². The molecule has 2 heterocycles. The first-order valence-corrected chi connectivity index (χ1v) is 11.7. The first kappa shape index (κ1) is 21.0. The van der Waals surface area contributed by atoms with E-state index in [9.17, 15) is 9.59 Å². The third kappa shape index (κ3) is 4.17. The number of ether oxygens (including phenoxy) is 2. The Kier molecular flexibility index (Phi) is 6.29. The molecule has 0 unspecified atom stereocenters. The van der Waals surface area contributed by atoms with Crippen molar-refractivity contribution in [3.8, 4) is 0 Å². The number of hydrogen-bond donors (Lipinski definition) is 2. The second-order valence-electron chi connectivity index (χ2n) is 8.18. The van der Waals surface area contributed by atoms with Gasteiger partial charge in [0.2, 0.25) is 0 Å². The molecule has 8 nitrogen and oxygen atoms in total. The number of methoxy groups -OCH3 is 1. The van der Waals surface area contributed by atoms with Crippen molar-refractivity contribution < 1.29 is 13.9 Å². The number of H-pyrrole nitrogens is 1. The first-order valence-electron chi connectivity index (χ1n) is 8.84. The van der Waals surface area contributed by atoms with Crippen molar-refractivity contribution in [2.75, 3.05) is 20.7 Å². The summed E-state index contributed by atoms with van der Waals surface area (Å²) in [6, 6.07) is 1.30. The summed E-state index contributed by atoms with van der Waals surface area (Å²) in [5, 5.41) is 3.14. The van der Waals surface area contributed by atoms with Crippen LogP contribution < -0.4 is 16.6 Å². The largest absolute Gasteiger partial charge is 0.408 e. The number of aromatic nitrogens is 2. The van der Waals surface area contributed by atoms with Gasteiger partial charge in [-0.25, -0.2) is 4.79 Å². The minimum atomic E-state index is -2.08. The van der Waals surface area contributed by atoms with E-state index in [1.807, 2.05) is 7.05 Å². The van der Waals surface area contributed by atoms with Crippen LogP contribution in [0.5, 0.6) is 0 Å². The molecule has 0 aromatic carbocycles. The average molecular weight is 386 g/mol. The van der Waals surface area contributed by atoms with Crippen LogP contribution in [0.15, 0.2) is 21.9 Å². The van der Waals surface area contributed by atoms with Gasteiger partial charge in [-0.05, 0) is 25.2 Å². The third-order valence-electron chi connectivity index (χ3n) is 5.33. The average Bonchev–Trinajstić information content (AvgIpc) is 2.83. The monoisotopic (exact) mass is 385 g/mol. The van der Waals surface area contributed by atoms with Crippen molar-refractivity contribution >= 4 is 8.32 Å². The zero-order valence-electron chi connectivity index (χ0n) is 16.7. The van der Waals surface area contributed by atoms with Crippen LogP contribution in [0.1, 0.15) is 27.0 Å². The molecule has 4 atom stereocenters. The number of nitrogens with zero attached hydrogens (tertiary/aromatic N) is 1. The molecule has 0 aliphatic carbocycles. The molecular weight excluding hydrogens is 354 g/mol. The Bertz CT molecular complexity index is 724. The van der Waals surface area contributed by atoms with Gasteiger partial charge in [-0.1, -0.05) is 20.8 Å². The molecule has 0 amide bonds. The lowest BCUT2D eigenvalue weighted by Crippen LogP contribution is -2.51. The lowest BCUT2D eigenvalue weighted by Gasteiger charge is -2.40.